The Morgan fingerprint density at radius 1 is 1.29 bits per heavy atom. The number of fused-ring (bicyclic) bond motifs is 1. The molecule has 2 heterocycles. The molecule has 0 aromatic heterocycles. The Morgan fingerprint density at radius 2 is 2.14 bits per heavy atom. The number of methoxy groups -OCH3 is 1. The van der Waals surface area contributed by atoms with E-state index in [9.17, 15) is 0 Å². The maximum Gasteiger partial charge on any atom is 0.119 e. The lowest BCUT2D eigenvalue weighted by Crippen LogP contribution is -2.39. The summed E-state index contributed by atoms with van der Waals surface area (Å²) in [5, 5.41) is 0. The molecule has 0 aliphatic carbocycles. The molecule has 1 aromatic rings. The van der Waals surface area contributed by atoms with Crippen molar-refractivity contribution in [2.24, 2.45) is 5.73 Å². The first-order chi connectivity index (χ1) is 10.3. The molecule has 2 aliphatic rings. The van der Waals surface area contributed by atoms with Crippen LogP contribution in [0.25, 0.3) is 0 Å². The molecule has 1 aromatic carbocycles. The van der Waals surface area contributed by atoms with Crippen LogP contribution in [-0.2, 0) is 0 Å². The average Bonchev–Trinajstić information content (AvgIpc) is 2.86. The van der Waals surface area contributed by atoms with Gasteiger partial charge in [0.15, 0.2) is 0 Å². The van der Waals surface area contributed by atoms with Gasteiger partial charge in [0.05, 0.1) is 7.11 Å². The van der Waals surface area contributed by atoms with Gasteiger partial charge in [0.2, 0.25) is 0 Å². The number of ether oxygens (including phenoxy) is 1. The van der Waals surface area contributed by atoms with Crippen LogP contribution in [0.1, 0.15) is 30.9 Å². The Labute approximate surface area is 127 Å². The van der Waals surface area contributed by atoms with Crippen LogP contribution >= 0.6 is 0 Å². The summed E-state index contributed by atoms with van der Waals surface area (Å²) < 4.78 is 5.30. The molecule has 0 saturated carbocycles. The maximum atomic E-state index is 6.43. The van der Waals surface area contributed by atoms with E-state index in [1.165, 1.54) is 51.0 Å². The molecule has 0 amide bonds. The van der Waals surface area contributed by atoms with E-state index in [0.29, 0.717) is 0 Å². The van der Waals surface area contributed by atoms with E-state index in [1.807, 2.05) is 12.1 Å². The predicted octanol–water partition coefficient (Wildman–Crippen LogP) is 1.87. The summed E-state index contributed by atoms with van der Waals surface area (Å²) in [6.07, 6.45) is 3.98. The summed E-state index contributed by atoms with van der Waals surface area (Å²) in [7, 11) is 1.70. The van der Waals surface area contributed by atoms with Gasteiger partial charge in [-0.15, -0.1) is 0 Å². The van der Waals surface area contributed by atoms with Gasteiger partial charge < -0.3 is 10.5 Å². The second kappa shape index (κ2) is 6.77. The zero-order chi connectivity index (χ0) is 14.7. The van der Waals surface area contributed by atoms with Gasteiger partial charge in [-0.1, -0.05) is 12.1 Å². The molecule has 0 radical (unpaired) electrons. The first-order valence-electron chi connectivity index (χ1n) is 8.12. The van der Waals surface area contributed by atoms with Crippen molar-refractivity contribution in [3.63, 3.8) is 0 Å². The van der Waals surface area contributed by atoms with Crippen LogP contribution in [0.2, 0.25) is 0 Å². The van der Waals surface area contributed by atoms with Gasteiger partial charge in [0, 0.05) is 25.2 Å². The fourth-order valence-corrected chi connectivity index (χ4v) is 3.70. The van der Waals surface area contributed by atoms with Crippen molar-refractivity contribution in [1.29, 1.82) is 0 Å². The fraction of sp³-hybridized carbons (Fsp3) is 0.647. The van der Waals surface area contributed by atoms with Gasteiger partial charge >= 0.3 is 0 Å². The van der Waals surface area contributed by atoms with Gasteiger partial charge in [0.25, 0.3) is 0 Å². The van der Waals surface area contributed by atoms with Crippen LogP contribution in [0.4, 0.5) is 0 Å². The highest BCUT2D eigenvalue weighted by molar-refractivity contribution is 5.30. The SMILES string of the molecule is COc1cccc(C(N)CN2CCCN3CCCC3C2)c1. The minimum absolute atomic E-state index is 0.0630. The molecule has 2 fully saturated rings. The van der Waals surface area contributed by atoms with Crippen molar-refractivity contribution in [1.82, 2.24) is 9.80 Å². The van der Waals surface area contributed by atoms with Crippen molar-refractivity contribution in [3.05, 3.63) is 29.8 Å². The average molecular weight is 289 g/mol. The summed E-state index contributed by atoms with van der Waals surface area (Å²) >= 11 is 0. The molecule has 0 spiro atoms. The number of hydrogen-bond donors (Lipinski definition) is 1. The normalized spacial score (nSPS) is 25.3. The number of nitrogens with two attached hydrogens (primary N) is 1. The minimum Gasteiger partial charge on any atom is -0.497 e. The van der Waals surface area contributed by atoms with Gasteiger partial charge in [-0.05, 0) is 56.6 Å². The van der Waals surface area contributed by atoms with Crippen LogP contribution in [0.3, 0.4) is 0 Å². The van der Waals surface area contributed by atoms with E-state index in [1.54, 1.807) is 7.11 Å². The van der Waals surface area contributed by atoms with Gasteiger partial charge in [-0.25, -0.2) is 0 Å². The van der Waals surface area contributed by atoms with Crippen molar-refractivity contribution in [2.75, 3.05) is 39.8 Å². The number of hydrogen-bond acceptors (Lipinski definition) is 4. The van der Waals surface area contributed by atoms with Gasteiger partial charge in [-0.2, -0.15) is 0 Å². The zero-order valence-electron chi connectivity index (χ0n) is 13.0. The zero-order valence-corrected chi connectivity index (χ0v) is 13.0. The van der Waals surface area contributed by atoms with E-state index in [4.69, 9.17) is 10.5 Å². The molecule has 2 unspecified atom stereocenters. The molecule has 21 heavy (non-hydrogen) atoms. The quantitative estimate of drug-likeness (QED) is 0.919. The first-order valence-corrected chi connectivity index (χ1v) is 8.12. The van der Waals surface area contributed by atoms with Crippen molar-refractivity contribution in [3.8, 4) is 5.75 Å². The van der Waals surface area contributed by atoms with E-state index in [-0.39, 0.29) is 6.04 Å². The Bertz CT molecular complexity index is 465. The highest BCUT2D eigenvalue weighted by atomic mass is 16.5. The third-order valence-corrected chi connectivity index (χ3v) is 4.86. The number of rotatable bonds is 4. The molecular weight excluding hydrogens is 262 g/mol. The molecule has 116 valence electrons. The highest BCUT2D eigenvalue weighted by Gasteiger charge is 2.29. The first kappa shape index (κ1) is 14.8. The molecule has 0 bridgehead atoms. The van der Waals surface area contributed by atoms with E-state index >= 15 is 0 Å². The molecule has 2 N–H and O–H groups in total. The Hall–Kier alpha value is -1.10. The summed E-state index contributed by atoms with van der Waals surface area (Å²) in [4.78, 5) is 5.22. The van der Waals surface area contributed by atoms with Gasteiger partial charge in [0.1, 0.15) is 5.75 Å². The monoisotopic (exact) mass is 289 g/mol. The van der Waals surface area contributed by atoms with Crippen molar-refractivity contribution in [2.45, 2.75) is 31.3 Å². The fourth-order valence-electron chi connectivity index (χ4n) is 3.70. The van der Waals surface area contributed by atoms with Crippen LogP contribution in [0.5, 0.6) is 5.75 Å². The van der Waals surface area contributed by atoms with E-state index in [0.717, 1.165) is 18.3 Å². The van der Waals surface area contributed by atoms with Crippen molar-refractivity contribution >= 4 is 0 Å². The summed E-state index contributed by atoms with van der Waals surface area (Å²) in [5.41, 5.74) is 7.60. The molecule has 2 atom stereocenters. The predicted molar refractivity (Wildman–Crippen MR) is 85.6 cm³/mol. The molecule has 3 rings (SSSR count). The maximum absolute atomic E-state index is 6.43. The number of nitrogens with zero attached hydrogens (tertiary/aromatic N) is 2. The Kier molecular flexibility index (Phi) is 4.78. The minimum atomic E-state index is 0.0630. The summed E-state index contributed by atoms with van der Waals surface area (Å²) in [6.45, 7) is 5.84. The highest BCUT2D eigenvalue weighted by Crippen LogP contribution is 2.23. The van der Waals surface area contributed by atoms with E-state index in [2.05, 4.69) is 21.9 Å². The largest absolute Gasteiger partial charge is 0.497 e. The second-order valence-corrected chi connectivity index (χ2v) is 6.33. The number of benzene rings is 1. The van der Waals surface area contributed by atoms with Crippen LogP contribution in [0, 0.1) is 0 Å². The van der Waals surface area contributed by atoms with E-state index < -0.39 is 0 Å². The molecule has 2 aliphatic heterocycles. The Morgan fingerprint density at radius 3 is 3.00 bits per heavy atom. The molecular formula is C17H27N3O. The molecule has 4 heteroatoms. The van der Waals surface area contributed by atoms with Crippen LogP contribution in [-0.4, -0.2) is 55.7 Å². The second-order valence-electron chi connectivity index (χ2n) is 6.33. The summed E-state index contributed by atoms with van der Waals surface area (Å²) in [5.74, 6) is 0.890. The lowest BCUT2D eigenvalue weighted by Gasteiger charge is -2.27. The lowest BCUT2D eigenvalue weighted by atomic mass is 10.1. The third-order valence-electron chi connectivity index (χ3n) is 4.86. The van der Waals surface area contributed by atoms with Crippen molar-refractivity contribution < 1.29 is 4.74 Å². The topological polar surface area (TPSA) is 41.7 Å². The molecule has 4 nitrogen and oxygen atoms in total. The van der Waals surface area contributed by atoms with Crippen LogP contribution in [0.15, 0.2) is 24.3 Å². The van der Waals surface area contributed by atoms with Crippen LogP contribution < -0.4 is 10.5 Å². The smallest absolute Gasteiger partial charge is 0.119 e. The van der Waals surface area contributed by atoms with Gasteiger partial charge in [-0.3, -0.25) is 9.80 Å². The lowest BCUT2D eigenvalue weighted by molar-refractivity contribution is 0.213. The third kappa shape index (κ3) is 3.57. The summed E-state index contributed by atoms with van der Waals surface area (Å²) in [6, 6.07) is 8.98. The standard InChI is InChI=1S/C17H27N3O/c1-21-16-7-2-5-14(11-16)17(18)13-19-8-4-10-20-9-3-6-15(20)12-19/h2,5,7,11,15,17H,3-4,6,8-10,12-13,18H2,1H3. The Balaban J connectivity index is 1.61. The molecule has 2 saturated heterocycles.